The van der Waals surface area contributed by atoms with Crippen molar-refractivity contribution in [2.24, 2.45) is 0 Å². The third-order valence-electron chi connectivity index (χ3n) is 1.93. The van der Waals surface area contributed by atoms with E-state index in [9.17, 15) is 18.4 Å². The highest BCUT2D eigenvalue weighted by Gasteiger charge is 2.12. The van der Waals surface area contributed by atoms with Crippen LogP contribution in [-0.4, -0.2) is 23.5 Å². The fraction of sp³-hybridized carbons (Fsp3) is 0.167. The second kappa shape index (κ2) is 5.77. The Kier molecular flexibility index (Phi) is 4.38. The molecule has 1 aromatic carbocycles. The van der Waals surface area contributed by atoms with Crippen LogP contribution in [0.1, 0.15) is 22.8 Å². The van der Waals surface area contributed by atoms with Crippen LogP contribution in [0.15, 0.2) is 12.1 Å². The lowest BCUT2D eigenvalue weighted by atomic mass is 10.1. The zero-order valence-electron chi connectivity index (χ0n) is 9.38. The average Bonchev–Trinajstić information content (AvgIpc) is 2.26. The Morgan fingerprint density at radius 2 is 1.89 bits per heavy atom. The quantitative estimate of drug-likeness (QED) is 0.777. The molecule has 0 bridgehead atoms. The third kappa shape index (κ3) is 3.56. The number of carbonyl (C=O) groups excluding carboxylic acids is 1. The number of rotatable bonds is 2. The van der Waals surface area contributed by atoms with E-state index in [0.717, 1.165) is 0 Å². The minimum absolute atomic E-state index is 0.0467. The number of hydrogen-bond acceptors (Lipinski definition) is 2. The Bertz CT molecular complexity index is 535. The summed E-state index contributed by atoms with van der Waals surface area (Å²) in [6, 6.07) is 1.38. The number of carbonyl (C=O) groups is 2. The van der Waals surface area contributed by atoms with Crippen LogP contribution in [0.3, 0.4) is 0 Å². The molecule has 0 aliphatic rings. The standard InChI is InChI=1S/C12H9F2NO3/c1-7(16)15-4-2-3-9-10(13)5-8(12(17)18)6-11(9)14/h5-6H,4H2,1H3,(H,15,16)(H,17,18). The summed E-state index contributed by atoms with van der Waals surface area (Å²) < 4.78 is 26.7. The zero-order valence-corrected chi connectivity index (χ0v) is 9.38. The molecule has 4 nitrogen and oxygen atoms in total. The van der Waals surface area contributed by atoms with Crippen LogP contribution >= 0.6 is 0 Å². The van der Waals surface area contributed by atoms with Gasteiger partial charge >= 0.3 is 5.97 Å². The summed E-state index contributed by atoms with van der Waals surface area (Å²) in [5.74, 6) is 0.704. The van der Waals surface area contributed by atoms with Crippen LogP contribution in [0.4, 0.5) is 8.78 Å². The fourth-order valence-electron chi connectivity index (χ4n) is 1.12. The van der Waals surface area contributed by atoms with Crippen LogP contribution in [0.2, 0.25) is 0 Å². The first-order valence-corrected chi connectivity index (χ1v) is 4.87. The average molecular weight is 253 g/mol. The van der Waals surface area contributed by atoms with Crippen LogP contribution in [0.5, 0.6) is 0 Å². The molecule has 94 valence electrons. The minimum atomic E-state index is -1.43. The van der Waals surface area contributed by atoms with Crippen molar-refractivity contribution in [3.8, 4) is 11.8 Å². The van der Waals surface area contributed by atoms with E-state index in [0.29, 0.717) is 12.1 Å². The number of carboxylic acids is 1. The van der Waals surface area contributed by atoms with Crippen LogP contribution in [-0.2, 0) is 4.79 Å². The van der Waals surface area contributed by atoms with Gasteiger partial charge in [-0.2, -0.15) is 0 Å². The molecule has 18 heavy (non-hydrogen) atoms. The Morgan fingerprint density at radius 1 is 1.33 bits per heavy atom. The molecular weight excluding hydrogens is 244 g/mol. The van der Waals surface area contributed by atoms with Crippen LogP contribution in [0, 0.1) is 23.5 Å². The number of aromatic carboxylic acids is 1. The second-order valence-corrected chi connectivity index (χ2v) is 3.33. The normalized spacial score (nSPS) is 9.28. The van der Waals surface area contributed by atoms with E-state index in [4.69, 9.17) is 5.11 Å². The largest absolute Gasteiger partial charge is 0.478 e. The van der Waals surface area contributed by atoms with E-state index < -0.39 is 28.7 Å². The van der Waals surface area contributed by atoms with Crippen molar-refractivity contribution in [1.82, 2.24) is 5.32 Å². The molecule has 2 N–H and O–H groups in total. The van der Waals surface area contributed by atoms with Gasteiger partial charge in [-0.3, -0.25) is 4.79 Å². The van der Waals surface area contributed by atoms with Crippen molar-refractivity contribution in [3.05, 3.63) is 34.9 Å². The van der Waals surface area contributed by atoms with Crippen LogP contribution in [0.25, 0.3) is 0 Å². The molecule has 0 saturated heterocycles. The molecule has 0 aromatic heterocycles. The highest BCUT2D eigenvalue weighted by atomic mass is 19.1. The van der Waals surface area contributed by atoms with Crippen molar-refractivity contribution in [3.63, 3.8) is 0 Å². The Morgan fingerprint density at radius 3 is 2.33 bits per heavy atom. The molecule has 6 heteroatoms. The molecule has 0 spiro atoms. The van der Waals surface area contributed by atoms with E-state index in [1.54, 1.807) is 0 Å². The van der Waals surface area contributed by atoms with E-state index in [-0.39, 0.29) is 12.5 Å². The molecular formula is C12H9F2NO3. The summed E-state index contributed by atoms with van der Waals surface area (Å²) in [5, 5.41) is 10.9. The van der Waals surface area contributed by atoms with Crippen molar-refractivity contribution in [2.75, 3.05) is 6.54 Å². The highest BCUT2D eigenvalue weighted by molar-refractivity contribution is 5.87. The third-order valence-corrected chi connectivity index (χ3v) is 1.93. The Balaban J connectivity index is 2.97. The van der Waals surface area contributed by atoms with Gasteiger partial charge in [0.15, 0.2) is 0 Å². The number of amides is 1. The van der Waals surface area contributed by atoms with Gasteiger partial charge in [0.2, 0.25) is 5.91 Å². The van der Waals surface area contributed by atoms with Gasteiger partial charge in [0.1, 0.15) is 11.6 Å². The minimum Gasteiger partial charge on any atom is -0.478 e. The number of halogens is 2. The molecule has 1 rings (SSSR count). The number of carboxylic acid groups (broad SMARTS) is 1. The molecule has 1 amide bonds. The summed E-state index contributed by atoms with van der Waals surface area (Å²) >= 11 is 0. The number of nitrogens with one attached hydrogen (secondary N) is 1. The molecule has 0 fully saturated rings. The fourth-order valence-corrected chi connectivity index (χ4v) is 1.12. The first kappa shape index (κ1) is 13.6. The van der Waals surface area contributed by atoms with Gasteiger partial charge in [-0.1, -0.05) is 11.8 Å². The maximum absolute atomic E-state index is 13.4. The molecule has 0 aliphatic carbocycles. The maximum atomic E-state index is 13.4. The van der Waals surface area contributed by atoms with Crippen molar-refractivity contribution in [1.29, 1.82) is 0 Å². The number of hydrogen-bond donors (Lipinski definition) is 2. The van der Waals surface area contributed by atoms with Gasteiger partial charge in [-0.15, -0.1) is 0 Å². The smallest absolute Gasteiger partial charge is 0.335 e. The summed E-state index contributed by atoms with van der Waals surface area (Å²) in [6.07, 6.45) is 0. The Labute approximate surface area is 102 Å². The van der Waals surface area contributed by atoms with Crippen molar-refractivity contribution < 1.29 is 23.5 Å². The Hall–Kier alpha value is -2.42. The van der Waals surface area contributed by atoms with E-state index in [2.05, 4.69) is 17.2 Å². The van der Waals surface area contributed by atoms with Gasteiger partial charge in [0, 0.05) is 6.92 Å². The molecule has 0 unspecified atom stereocenters. The monoisotopic (exact) mass is 253 g/mol. The summed E-state index contributed by atoms with van der Waals surface area (Å²) in [6.45, 7) is 1.24. The van der Waals surface area contributed by atoms with Crippen molar-refractivity contribution in [2.45, 2.75) is 6.92 Å². The summed E-state index contributed by atoms with van der Waals surface area (Å²) in [7, 11) is 0. The maximum Gasteiger partial charge on any atom is 0.335 e. The van der Waals surface area contributed by atoms with Gasteiger partial charge in [-0.05, 0) is 12.1 Å². The molecule has 0 heterocycles. The highest BCUT2D eigenvalue weighted by Crippen LogP contribution is 2.14. The van der Waals surface area contributed by atoms with Gasteiger partial charge in [-0.25, -0.2) is 13.6 Å². The molecule has 1 aromatic rings. The van der Waals surface area contributed by atoms with E-state index >= 15 is 0 Å². The molecule has 0 aliphatic heterocycles. The van der Waals surface area contributed by atoms with Gasteiger partial charge < -0.3 is 10.4 Å². The first-order chi connectivity index (χ1) is 8.41. The predicted octanol–water partition coefficient (Wildman–Crippen LogP) is 1.15. The summed E-state index contributed by atoms with van der Waals surface area (Å²) in [4.78, 5) is 21.1. The summed E-state index contributed by atoms with van der Waals surface area (Å²) in [5.41, 5.74) is -1.01. The van der Waals surface area contributed by atoms with Gasteiger partial charge in [0.25, 0.3) is 0 Å². The van der Waals surface area contributed by atoms with Gasteiger partial charge in [0.05, 0.1) is 17.7 Å². The van der Waals surface area contributed by atoms with E-state index in [1.807, 2.05) is 0 Å². The topological polar surface area (TPSA) is 66.4 Å². The lowest BCUT2D eigenvalue weighted by molar-refractivity contribution is -0.118. The predicted molar refractivity (Wildman–Crippen MR) is 58.9 cm³/mol. The first-order valence-electron chi connectivity index (χ1n) is 4.87. The molecule has 0 radical (unpaired) electrons. The van der Waals surface area contributed by atoms with Crippen LogP contribution < -0.4 is 5.32 Å². The molecule has 0 saturated carbocycles. The number of benzene rings is 1. The lowest BCUT2D eigenvalue weighted by Gasteiger charge is -2.00. The lowest BCUT2D eigenvalue weighted by Crippen LogP contribution is -2.19. The van der Waals surface area contributed by atoms with E-state index in [1.165, 1.54) is 6.92 Å². The molecule has 0 atom stereocenters. The van der Waals surface area contributed by atoms with Crippen molar-refractivity contribution >= 4 is 11.9 Å². The SMILES string of the molecule is CC(=O)NCC#Cc1c(F)cc(C(=O)O)cc1F. The zero-order chi connectivity index (χ0) is 13.7. The second-order valence-electron chi connectivity index (χ2n) is 3.33.